The van der Waals surface area contributed by atoms with Crippen LogP contribution in [0.1, 0.15) is 48.2 Å². The molecule has 2 heterocycles. The number of amides is 2. The van der Waals surface area contributed by atoms with Crippen LogP contribution in [0.5, 0.6) is 5.75 Å². The van der Waals surface area contributed by atoms with Crippen molar-refractivity contribution in [3.05, 3.63) is 65.2 Å². The van der Waals surface area contributed by atoms with Gasteiger partial charge in [0.1, 0.15) is 24.0 Å². The predicted octanol–water partition coefficient (Wildman–Crippen LogP) is 1.98. The van der Waals surface area contributed by atoms with E-state index in [9.17, 15) is 29.4 Å². The van der Waals surface area contributed by atoms with Gasteiger partial charge in [0.25, 0.3) is 5.91 Å². The molecule has 0 radical (unpaired) electrons. The van der Waals surface area contributed by atoms with E-state index in [0.717, 1.165) is 5.56 Å². The predicted molar refractivity (Wildman–Crippen MR) is 136 cm³/mol. The molecule has 208 valence electrons. The van der Waals surface area contributed by atoms with Crippen LogP contribution < -0.4 is 10.6 Å². The van der Waals surface area contributed by atoms with E-state index in [0.29, 0.717) is 12.0 Å². The number of aromatic hydroxyl groups is 1. The minimum absolute atomic E-state index is 0.000201. The fourth-order valence-corrected chi connectivity index (χ4v) is 4.81. The Morgan fingerprint density at radius 2 is 1.79 bits per heavy atom. The molecule has 2 aromatic rings. The molecule has 5 atom stereocenters. The van der Waals surface area contributed by atoms with Gasteiger partial charge in [0.2, 0.25) is 0 Å². The molecule has 2 aliphatic heterocycles. The van der Waals surface area contributed by atoms with E-state index in [4.69, 9.17) is 14.2 Å². The third-order valence-corrected chi connectivity index (χ3v) is 6.66. The van der Waals surface area contributed by atoms with Gasteiger partial charge in [-0.1, -0.05) is 56.3 Å². The highest BCUT2D eigenvalue weighted by atomic mass is 16.6. The number of cyclic esters (lactones) is 2. The molecular weight excluding hydrogens is 508 g/mol. The van der Waals surface area contributed by atoms with Gasteiger partial charge in [-0.2, -0.15) is 0 Å². The van der Waals surface area contributed by atoms with E-state index in [1.54, 1.807) is 36.4 Å². The quantitative estimate of drug-likeness (QED) is 0.275. The summed E-state index contributed by atoms with van der Waals surface area (Å²) in [4.78, 5) is 50.1. The first-order valence-electron chi connectivity index (χ1n) is 12.8. The summed E-state index contributed by atoms with van der Waals surface area (Å²) in [5.74, 6) is -2.32. The lowest BCUT2D eigenvalue weighted by Gasteiger charge is -2.33. The number of benzene rings is 2. The first-order chi connectivity index (χ1) is 18.6. The number of aliphatic hydroxyl groups excluding tert-OH is 1. The van der Waals surface area contributed by atoms with Crippen LogP contribution in [-0.2, 0) is 36.8 Å². The van der Waals surface area contributed by atoms with E-state index >= 15 is 0 Å². The number of carbonyl (C=O) groups excluding carboxylic acids is 4. The lowest BCUT2D eigenvalue weighted by molar-refractivity contribution is -0.150. The first-order valence-corrected chi connectivity index (χ1v) is 12.8. The monoisotopic (exact) mass is 540 g/mol. The summed E-state index contributed by atoms with van der Waals surface area (Å²) < 4.78 is 15.9. The SMILES string of the molecule is CC(C)C[C@H](NC(=O)[C@@H](O)[C@H]1OC(=O)C[C@@H]1NC(=O)OCc1ccccc1)[C@@H]1Cc2cccc(O)c2C(=O)O1. The van der Waals surface area contributed by atoms with Gasteiger partial charge in [-0.25, -0.2) is 9.59 Å². The van der Waals surface area contributed by atoms with Gasteiger partial charge in [0.05, 0.1) is 18.5 Å². The van der Waals surface area contributed by atoms with Gasteiger partial charge in [-0.3, -0.25) is 9.59 Å². The van der Waals surface area contributed by atoms with E-state index in [1.807, 2.05) is 19.9 Å². The van der Waals surface area contributed by atoms with Gasteiger partial charge in [-0.15, -0.1) is 0 Å². The number of aliphatic hydroxyl groups is 1. The van der Waals surface area contributed by atoms with Crippen LogP contribution in [0.25, 0.3) is 0 Å². The summed E-state index contributed by atoms with van der Waals surface area (Å²) in [6.07, 6.45) is -4.30. The van der Waals surface area contributed by atoms with Crippen molar-refractivity contribution in [1.82, 2.24) is 10.6 Å². The zero-order chi connectivity index (χ0) is 28.1. The van der Waals surface area contributed by atoms with E-state index in [1.165, 1.54) is 6.07 Å². The molecule has 0 bridgehead atoms. The largest absolute Gasteiger partial charge is 0.507 e. The number of carbonyl (C=O) groups is 4. The molecule has 39 heavy (non-hydrogen) atoms. The van der Waals surface area contributed by atoms with E-state index in [-0.39, 0.29) is 36.7 Å². The molecule has 11 nitrogen and oxygen atoms in total. The number of phenols is 1. The maximum atomic E-state index is 13.1. The number of hydrogen-bond acceptors (Lipinski definition) is 9. The van der Waals surface area contributed by atoms with Crippen LogP contribution >= 0.6 is 0 Å². The lowest BCUT2D eigenvalue weighted by Crippen LogP contribution is -2.56. The van der Waals surface area contributed by atoms with Gasteiger partial charge >= 0.3 is 18.0 Å². The third kappa shape index (κ3) is 6.85. The molecule has 4 rings (SSSR count). The van der Waals surface area contributed by atoms with Gasteiger partial charge < -0.3 is 35.1 Å². The van der Waals surface area contributed by atoms with Crippen molar-refractivity contribution < 1.29 is 43.6 Å². The van der Waals surface area contributed by atoms with Crippen LogP contribution in [-0.4, -0.2) is 64.5 Å². The maximum Gasteiger partial charge on any atom is 0.407 e. The first kappa shape index (κ1) is 27.9. The Hall–Kier alpha value is -4.12. The molecule has 0 aromatic heterocycles. The van der Waals surface area contributed by atoms with Crippen LogP contribution in [0.15, 0.2) is 48.5 Å². The standard InChI is InChI=1S/C28H32N2O9/c1-15(2)11-18(21-12-17-9-6-10-20(31)23(17)27(35)38-21)29-26(34)24(33)25-19(13-22(32)39-25)30-28(36)37-14-16-7-4-3-5-8-16/h3-10,15,18-19,21,24-25,31,33H,11-14H2,1-2H3,(H,29,34)(H,30,36)/t18-,19-,21-,24-,25-/m0/s1. The average Bonchev–Trinajstić information content (AvgIpc) is 3.26. The average molecular weight is 541 g/mol. The van der Waals surface area contributed by atoms with Gasteiger partial charge in [-0.05, 0) is 29.5 Å². The molecule has 2 aliphatic rings. The normalized spacial score (nSPS) is 21.8. The second-order valence-electron chi connectivity index (χ2n) is 10.1. The molecule has 0 saturated carbocycles. The van der Waals surface area contributed by atoms with Crippen LogP contribution in [0.3, 0.4) is 0 Å². The fraction of sp³-hybridized carbons (Fsp3) is 0.429. The van der Waals surface area contributed by atoms with E-state index < -0.39 is 54.3 Å². The molecule has 1 fully saturated rings. The van der Waals surface area contributed by atoms with Crippen molar-refractivity contribution in [3.63, 3.8) is 0 Å². The Labute approximate surface area is 225 Å². The van der Waals surface area contributed by atoms with Gasteiger partial charge in [0, 0.05) is 6.42 Å². The van der Waals surface area contributed by atoms with Crippen LogP contribution in [0, 0.1) is 5.92 Å². The zero-order valence-electron chi connectivity index (χ0n) is 21.7. The van der Waals surface area contributed by atoms with Crippen LogP contribution in [0.4, 0.5) is 4.79 Å². The number of fused-ring (bicyclic) bond motifs is 1. The second kappa shape index (κ2) is 12.2. The fourth-order valence-electron chi connectivity index (χ4n) is 4.81. The smallest absolute Gasteiger partial charge is 0.407 e. The molecule has 0 unspecified atom stereocenters. The Bertz CT molecular complexity index is 1220. The zero-order valence-corrected chi connectivity index (χ0v) is 21.7. The number of phenolic OH excluding ortho intramolecular Hbond substituents is 1. The number of alkyl carbamates (subject to hydrolysis) is 1. The Kier molecular flexibility index (Phi) is 8.70. The Morgan fingerprint density at radius 3 is 2.51 bits per heavy atom. The van der Waals surface area contributed by atoms with Crippen molar-refractivity contribution in [2.75, 3.05) is 0 Å². The maximum absolute atomic E-state index is 13.1. The summed E-state index contributed by atoms with van der Waals surface area (Å²) in [6, 6.07) is 12.1. The summed E-state index contributed by atoms with van der Waals surface area (Å²) in [7, 11) is 0. The van der Waals surface area contributed by atoms with E-state index in [2.05, 4.69) is 10.6 Å². The third-order valence-electron chi connectivity index (χ3n) is 6.66. The highest BCUT2D eigenvalue weighted by Gasteiger charge is 2.45. The molecule has 2 aromatic carbocycles. The topological polar surface area (TPSA) is 160 Å². The molecule has 0 spiro atoms. The molecule has 0 aliphatic carbocycles. The highest BCUT2D eigenvalue weighted by molar-refractivity contribution is 5.95. The van der Waals surface area contributed by atoms with Crippen LogP contribution in [0.2, 0.25) is 0 Å². The number of rotatable bonds is 9. The summed E-state index contributed by atoms with van der Waals surface area (Å²) >= 11 is 0. The van der Waals surface area contributed by atoms with Crippen molar-refractivity contribution in [2.24, 2.45) is 5.92 Å². The summed E-state index contributed by atoms with van der Waals surface area (Å²) in [5, 5.41) is 26.1. The van der Waals surface area contributed by atoms with Gasteiger partial charge in [0.15, 0.2) is 12.2 Å². The molecular formula is C28H32N2O9. The molecule has 11 heteroatoms. The highest BCUT2D eigenvalue weighted by Crippen LogP contribution is 2.30. The number of ether oxygens (including phenoxy) is 3. The number of nitrogens with one attached hydrogen (secondary N) is 2. The number of esters is 2. The second-order valence-corrected chi connectivity index (χ2v) is 10.1. The molecule has 2 amide bonds. The molecule has 1 saturated heterocycles. The Morgan fingerprint density at radius 1 is 1.05 bits per heavy atom. The van der Waals surface area contributed by atoms with Crippen molar-refractivity contribution in [3.8, 4) is 5.75 Å². The lowest BCUT2D eigenvalue weighted by atomic mass is 9.90. The summed E-state index contributed by atoms with van der Waals surface area (Å²) in [5.41, 5.74) is 1.44. The number of hydrogen-bond donors (Lipinski definition) is 4. The Balaban J connectivity index is 1.40. The van der Waals surface area contributed by atoms with Crippen molar-refractivity contribution >= 4 is 23.9 Å². The minimum atomic E-state index is -1.80. The molecule has 4 N–H and O–H groups in total. The van der Waals surface area contributed by atoms with Crippen molar-refractivity contribution in [1.29, 1.82) is 0 Å². The minimum Gasteiger partial charge on any atom is -0.507 e. The summed E-state index contributed by atoms with van der Waals surface area (Å²) in [6.45, 7) is 3.86. The van der Waals surface area contributed by atoms with Crippen molar-refractivity contribution in [2.45, 2.75) is 70.1 Å².